The molecule has 0 atom stereocenters. The molecule has 1 nitrogen and oxygen atoms in total. The third-order valence-electron chi connectivity index (χ3n) is 1.91. The van der Waals surface area contributed by atoms with Gasteiger partial charge in [0.05, 0.1) is 0 Å². The Morgan fingerprint density at radius 3 is 2.22 bits per heavy atom. The summed E-state index contributed by atoms with van der Waals surface area (Å²) < 4.78 is 0. The molecule has 0 amide bonds. The number of hydrogen-bond acceptors (Lipinski definition) is 1. The number of aliphatic hydroxyl groups excluding tert-OH is 1. The van der Waals surface area contributed by atoms with Crippen LogP contribution in [0.25, 0.3) is 0 Å². The Hall–Kier alpha value is -0.300. The molecule has 0 aromatic carbocycles. The van der Waals surface area contributed by atoms with Crippen molar-refractivity contribution < 1.29 is 5.11 Å². The van der Waals surface area contributed by atoms with Gasteiger partial charge in [-0.2, -0.15) is 0 Å². The summed E-state index contributed by atoms with van der Waals surface area (Å²) >= 11 is 0. The molecule has 1 rings (SSSR count). The van der Waals surface area contributed by atoms with Crippen LogP contribution >= 0.6 is 0 Å². The van der Waals surface area contributed by atoms with E-state index in [0.717, 1.165) is 12.8 Å². The smallest absolute Gasteiger partial charge is 0.0459 e. The monoisotopic (exact) mass is 126 g/mol. The Balaban J connectivity index is 2.26. The summed E-state index contributed by atoms with van der Waals surface area (Å²) in [5.74, 6) is 0.569. The highest BCUT2D eigenvalue weighted by Crippen LogP contribution is 2.17. The van der Waals surface area contributed by atoms with Gasteiger partial charge in [0.2, 0.25) is 0 Å². The van der Waals surface area contributed by atoms with Gasteiger partial charge < -0.3 is 5.11 Å². The van der Waals surface area contributed by atoms with E-state index in [1.54, 1.807) is 0 Å². The summed E-state index contributed by atoms with van der Waals surface area (Å²) in [5, 5.41) is 8.79. The molecule has 52 valence electrons. The molecule has 0 saturated heterocycles. The van der Waals surface area contributed by atoms with Crippen LogP contribution < -0.4 is 0 Å². The molecular weight excluding hydrogens is 112 g/mol. The van der Waals surface area contributed by atoms with Crippen LogP contribution in [0.1, 0.15) is 25.7 Å². The van der Waals surface area contributed by atoms with E-state index < -0.39 is 0 Å². The Kier molecular flexibility index (Phi) is 2.78. The van der Waals surface area contributed by atoms with Gasteiger partial charge in [0, 0.05) is 6.61 Å². The van der Waals surface area contributed by atoms with Crippen LogP contribution in [0.4, 0.5) is 0 Å². The molecule has 0 aliphatic heterocycles. The van der Waals surface area contributed by atoms with Gasteiger partial charge in [-0.15, -0.1) is 0 Å². The van der Waals surface area contributed by atoms with Crippen LogP contribution in [0.2, 0.25) is 0 Å². The summed E-state index contributed by atoms with van der Waals surface area (Å²) in [5.41, 5.74) is 0. The summed E-state index contributed by atoms with van der Waals surface area (Å²) in [6.07, 6.45) is 9.10. The first-order valence-electron chi connectivity index (χ1n) is 3.69. The molecule has 9 heavy (non-hydrogen) atoms. The summed E-state index contributed by atoms with van der Waals surface area (Å²) in [7, 11) is 0. The Bertz CT molecular complexity index is 86.7. The van der Waals surface area contributed by atoms with E-state index in [0.29, 0.717) is 12.5 Å². The first-order valence-corrected chi connectivity index (χ1v) is 3.69. The van der Waals surface area contributed by atoms with Crippen molar-refractivity contribution in [2.24, 2.45) is 5.92 Å². The molecule has 0 heterocycles. The second-order valence-electron chi connectivity index (χ2n) is 2.67. The van der Waals surface area contributed by atoms with Crippen LogP contribution in [0, 0.1) is 5.92 Å². The lowest BCUT2D eigenvalue weighted by atomic mass is 10.0. The molecule has 0 unspecified atom stereocenters. The molecule has 0 fully saturated rings. The summed E-state index contributed by atoms with van der Waals surface area (Å²) in [4.78, 5) is 0. The molecule has 0 bridgehead atoms. The lowest BCUT2D eigenvalue weighted by molar-refractivity contribution is 0.214. The van der Waals surface area contributed by atoms with E-state index >= 15 is 0 Å². The second kappa shape index (κ2) is 3.67. The van der Waals surface area contributed by atoms with Crippen molar-refractivity contribution in [3.05, 3.63) is 12.2 Å². The third-order valence-corrected chi connectivity index (χ3v) is 1.91. The van der Waals surface area contributed by atoms with Crippen LogP contribution in [0.15, 0.2) is 12.2 Å². The number of hydrogen-bond donors (Lipinski definition) is 1. The van der Waals surface area contributed by atoms with Gasteiger partial charge in [0.1, 0.15) is 0 Å². The van der Waals surface area contributed by atoms with Gasteiger partial charge >= 0.3 is 0 Å². The Morgan fingerprint density at radius 1 is 1.22 bits per heavy atom. The fraction of sp³-hybridized carbons (Fsp3) is 0.750. The van der Waals surface area contributed by atoms with Gasteiger partial charge in [-0.25, -0.2) is 0 Å². The predicted octanol–water partition coefficient (Wildman–Crippen LogP) is 1.73. The lowest BCUT2D eigenvalue weighted by Gasteiger charge is -2.07. The fourth-order valence-electron chi connectivity index (χ4n) is 1.23. The van der Waals surface area contributed by atoms with Crippen molar-refractivity contribution in [2.75, 3.05) is 6.61 Å². The van der Waals surface area contributed by atoms with Crippen molar-refractivity contribution >= 4 is 0 Å². The van der Waals surface area contributed by atoms with Gasteiger partial charge in [-0.05, 0) is 31.6 Å². The fourth-order valence-corrected chi connectivity index (χ4v) is 1.23. The number of rotatable bonds is 1. The summed E-state index contributed by atoms with van der Waals surface area (Å²) in [6, 6.07) is 0. The third kappa shape index (κ3) is 2.19. The minimum Gasteiger partial charge on any atom is -0.396 e. The molecule has 0 radical (unpaired) electrons. The molecule has 1 heteroatoms. The highest BCUT2D eigenvalue weighted by atomic mass is 16.3. The zero-order chi connectivity index (χ0) is 6.53. The molecule has 0 aromatic rings. The molecule has 1 aliphatic rings. The maximum atomic E-state index is 8.79. The molecular formula is C8H14O. The minimum absolute atomic E-state index is 0.377. The van der Waals surface area contributed by atoms with Crippen LogP contribution in [0.3, 0.4) is 0 Å². The van der Waals surface area contributed by atoms with E-state index in [4.69, 9.17) is 5.11 Å². The minimum atomic E-state index is 0.377. The maximum Gasteiger partial charge on any atom is 0.0459 e. The van der Waals surface area contributed by atoms with Gasteiger partial charge in [0.25, 0.3) is 0 Å². The topological polar surface area (TPSA) is 20.2 Å². The Labute approximate surface area is 56.4 Å². The van der Waals surface area contributed by atoms with E-state index in [1.165, 1.54) is 12.8 Å². The SMILES string of the molecule is OCC1CCC=CCC1. The van der Waals surface area contributed by atoms with Gasteiger partial charge in [-0.1, -0.05) is 12.2 Å². The van der Waals surface area contributed by atoms with E-state index in [9.17, 15) is 0 Å². The van der Waals surface area contributed by atoms with Crippen molar-refractivity contribution in [3.8, 4) is 0 Å². The van der Waals surface area contributed by atoms with Crippen LogP contribution in [-0.4, -0.2) is 11.7 Å². The van der Waals surface area contributed by atoms with Crippen LogP contribution in [-0.2, 0) is 0 Å². The summed E-state index contributed by atoms with van der Waals surface area (Å²) in [6.45, 7) is 0.377. The zero-order valence-electron chi connectivity index (χ0n) is 5.71. The largest absolute Gasteiger partial charge is 0.396 e. The van der Waals surface area contributed by atoms with E-state index in [-0.39, 0.29) is 0 Å². The normalized spacial score (nSPS) is 21.9. The highest BCUT2D eigenvalue weighted by molar-refractivity contribution is 4.86. The van der Waals surface area contributed by atoms with Crippen LogP contribution in [0.5, 0.6) is 0 Å². The first-order chi connectivity index (χ1) is 4.43. The quantitative estimate of drug-likeness (QED) is 0.530. The van der Waals surface area contributed by atoms with Gasteiger partial charge in [0.15, 0.2) is 0 Å². The molecule has 1 N–H and O–H groups in total. The number of allylic oxidation sites excluding steroid dienone is 2. The molecule has 1 aliphatic carbocycles. The average Bonchev–Trinajstić information content (AvgIpc) is 2.13. The maximum absolute atomic E-state index is 8.79. The Morgan fingerprint density at radius 2 is 1.78 bits per heavy atom. The predicted molar refractivity (Wildman–Crippen MR) is 38.2 cm³/mol. The lowest BCUT2D eigenvalue weighted by Crippen LogP contribution is -2.03. The average molecular weight is 126 g/mol. The highest BCUT2D eigenvalue weighted by Gasteiger charge is 2.06. The molecule has 0 saturated carbocycles. The van der Waals surface area contributed by atoms with Crippen molar-refractivity contribution in [3.63, 3.8) is 0 Å². The van der Waals surface area contributed by atoms with E-state index in [1.807, 2.05) is 0 Å². The standard InChI is InChI=1S/C8H14O/c9-7-8-5-3-1-2-4-6-8/h1-2,8-9H,3-7H2. The van der Waals surface area contributed by atoms with Crippen molar-refractivity contribution in [1.29, 1.82) is 0 Å². The first kappa shape index (κ1) is 6.81. The van der Waals surface area contributed by atoms with Gasteiger partial charge in [-0.3, -0.25) is 0 Å². The number of aliphatic hydroxyl groups is 1. The molecule has 0 aromatic heterocycles. The second-order valence-corrected chi connectivity index (χ2v) is 2.67. The zero-order valence-corrected chi connectivity index (χ0v) is 5.71. The van der Waals surface area contributed by atoms with E-state index in [2.05, 4.69) is 12.2 Å². The molecule has 0 spiro atoms. The van der Waals surface area contributed by atoms with Crippen molar-refractivity contribution in [1.82, 2.24) is 0 Å². The van der Waals surface area contributed by atoms with Crippen molar-refractivity contribution in [2.45, 2.75) is 25.7 Å².